The van der Waals surface area contributed by atoms with Crippen LogP contribution in [0.1, 0.15) is 11.5 Å². The smallest absolute Gasteiger partial charge is 0.144 e. The van der Waals surface area contributed by atoms with Crippen LogP contribution in [0.3, 0.4) is 0 Å². The Morgan fingerprint density at radius 1 is 1.57 bits per heavy atom. The SMILES string of the molecule is Cc1cc(Cl)nc(CN2CC(N)C2)n1. The van der Waals surface area contributed by atoms with Gasteiger partial charge in [-0.2, -0.15) is 0 Å². The summed E-state index contributed by atoms with van der Waals surface area (Å²) in [5.41, 5.74) is 6.58. The van der Waals surface area contributed by atoms with E-state index < -0.39 is 0 Å². The maximum absolute atomic E-state index is 5.83. The van der Waals surface area contributed by atoms with Crippen LogP contribution in [0.15, 0.2) is 6.07 Å². The predicted octanol–water partition coefficient (Wildman–Crippen LogP) is 0.581. The molecule has 1 aromatic heterocycles. The Morgan fingerprint density at radius 2 is 2.29 bits per heavy atom. The minimum atomic E-state index is 0.315. The lowest BCUT2D eigenvalue weighted by molar-refractivity contribution is 0.138. The molecule has 1 saturated heterocycles. The Balaban J connectivity index is 2.02. The highest BCUT2D eigenvalue weighted by atomic mass is 35.5. The van der Waals surface area contributed by atoms with Gasteiger partial charge < -0.3 is 5.73 Å². The fourth-order valence-corrected chi connectivity index (χ4v) is 1.85. The van der Waals surface area contributed by atoms with Crippen molar-refractivity contribution in [1.82, 2.24) is 14.9 Å². The summed E-state index contributed by atoms with van der Waals surface area (Å²) in [6.07, 6.45) is 0. The average Bonchev–Trinajstić information content (AvgIpc) is 1.99. The lowest BCUT2D eigenvalue weighted by Gasteiger charge is -2.36. The summed E-state index contributed by atoms with van der Waals surface area (Å²) >= 11 is 5.83. The third-order valence-electron chi connectivity index (χ3n) is 2.22. The van der Waals surface area contributed by atoms with Crippen LogP contribution in [-0.2, 0) is 6.54 Å². The lowest BCUT2D eigenvalue weighted by Crippen LogP contribution is -2.55. The van der Waals surface area contributed by atoms with Gasteiger partial charge in [-0.1, -0.05) is 11.6 Å². The Morgan fingerprint density at radius 3 is 2.86 bits per heavy atom. The second kappa shape index (κ2) is 3.81. The number of aryl methyl sites for hydroxylation is 1. The highest BCUT2D eigenvalue weighted by molar-refractivity contribution is 6.29. The first-order valence-corrected chi connectivity index (χ1v) is 4.99. The molecule has 0 bridgehead atoms. The fourth-order valence-electron chi connectivity index (χ4n) is 1.60. The molecular formula is C9H13ClN4. The molecule has 5 heteroatoms. The van der Waals surface area contributed by atoms with E-state index in [1.165, 1.54) is 0 Å². The van der Waals surface area contributed by atoms with Gasteiger partial charge in [0, 0.05) is 24.8 Å². The van der Waals surface area contributed by atoms with E-state index >= 15 is 0 Å². The number of nitrogens with zero attached hydrogens (tertiary/aromatic N) is 3. The van der Waals surface area contributed by atoms with Crippen molar-refractivity contribution in [3.8, 4) is 0 Å². The molecule has 0 atom stereocenters. The molecule has 0 aromatic carbocycles. The summed E-state index contributed by atoms with van der Waals surface area (Å²) in [7, 11) is 0. The van der Waals surface area contributed by atoms with Crippen LogP contribution >= 0.6 is 11.6 Å². The molecule has 2 heterocycles. The summed E-state index contributed by atoms with van der Waals surface area (Å²) in [6, 6.07) is 2.07. The second-order valence-corrected chi connectivity index (χ2v) is 4.09. The van der Waals surface area contributed by atoms with Crippen molar-refractivity contribution >= 4 is 11.6 Å². The van der Waals surface area contributed by atoms with Gasteiger partial charge >= 0.3 is 0 Å². The van der Waals surface area contributed by atoms with E-state index in [0.29, 0.717) is 11.2 Å². The van der Waals surface area contributed by atoms with Gasteiger partial charge in [-0.05, 0) is 13.0 Å². The van der Waals surface area contributed by atoms with Crippen molar-refractivity contribution in [2.45, 2.75) is 19.5 Å². The molecular weight excluding hydrogens is 200 g/mol. The van der Waals surface area contributed by atoms with Crippen LogP contribution in [-0.4, -0.2) is 34.0 Å². The molecule has 14 heavy (non-hydrogen) atoms. The van der Waals surface area contributed by atoms with Gasteiger partial charge in [0.2, 0.25) is 0 Å². The van der Waals surface area contributed by atoms with Crippen molar-refractivity contribution in [2.24, 2.45) is 5.73 Å². The Labute approximate surface area is 88.1 Å². The number of likely N-dealkylation sites (tertiary alicyclic amines) is 1. The molecule has 1 aromatic rings. The van der Waals surface area contributed by atoms with Crippen LogP contribution in [0.4, 0.5) is 0 Å². The van der Waals surface area contributed by atoms with E-state index in [-0.39, 0.29) is 0 Å². The molecule has 1 aliphatic rings. The quantitative estimate of drug-likeness (QED) is 0.729. The molecule has 0 spiro atoms. The minimum absolute atomic E-state index is 0.315. The molecule has 2 N–H and O–H groups in total. The van der Waals surface area contributed by atoms with E-state index in [4.69, 9.17) is 17.3 Å². The van der Waals surface area contributed by atoms with Crippen LogP contribution in [0, 0.1) is 6.92 Å². The first-order valence-electron chi connectivity index (χ1n) is 4.61. The summed E-state index contributed by atoms with van der Waals surface area (Å²) in [4.78, 5) is 10.7. The molecule has 0 amide bonds. The molecule has 76 valence electrons. The van der Waals surface area contributed by atoms with Crippen LogP contribution < -0.4 is 5.73 Å². The predicted molar refractivity (Wildman–Crippen MR) is 55.0 cm³/mol. The lowest BCUT2D eigenvalue weighted by atomic mass is 10.1. The van der Waals surface area contributed by atoms with Crippen molar-refractivity contribution in [3.05, 3.63) is 22.7 Å². The normalized spacial score (nSPS) is 18.2. The fraction of sp³-hybridized carbons (Fsp3) is 0.556. The van der Waals surface area contributed by atoms with E-state index in [2.05, 4.69) is 14.9 Å². The number of halogens is 1. The van der Waals surface area contributed by atoms with Crippen LogP contribution in [0.2, 0.25) is 5.15 Å². The number of hydrogen-bond acceptors (Lipinski definition) is 4. The third kappa shape index (κ3) is 2.20. The number of nitrogens with two attached hydrogens (primary N) is 1. The molecule has 0 saturated carbocycles. The van der Waals surface area contributed by atoms with E-state index in [1.807, 2.05) is 6.92 Å². The summed E-state index contributed by atoms with van der Waals surface area (Å²) in [5, 5.41) is 0.511. The van der Waals surface area contributed by atoms with Crippen LogP contribution in [0.25, 0.3) is 0 Å². The van der Waals surface area contributed by atoms with E-state index in [0.717, 1.165) is 31.2 Å². The standard InChI is InChI=1S/C9H13ClN4/c1-6-2-8(10)13-9(12-6)5-14-3-7(11)4-14/h2,7H,3-5,11H2,1H3. The van der Waals surface area contributed by atoms with Crippen molar-refractivity contribution in [3.63, 3.8) is 0 Å². The maximum atomic E-state index is 5.83. The number of hydrogen-bond donors (Lipinski definition) is 1. The third-order valence-corrected chi connectivity index (χ3v) is 2.41. The zero-order valence-electron chi connectivity index (χ0n) is 8.07. The number of rotatable bonds is 2. The number of aromatic nitrogens is 2. The van der Waals surface area contributed by atoms with Gasteiger partial charge in [-0.15, -0.1) is 0 Å². The Bertz CT molecular complexity index is 315. The highest BCUT2D eigenvalue weighted by Crippen LogP contribution is 2.12. The summed E-state index contributed by atoms with van der Waals surface area (Å²) in [6.45, 7) is 4.51. The molecule has 1 fully saturated rings. The van der Waals surface area contributed by atoms with E-state index in [9.17, 15) is 0 Å². The minimum Gasteiger partial charge on any atom is -0.325 e. The second-order valence-electron chi connectivity index (χ2n) is 3.70. The molecule has 0 radical (unpaired) electrons. The summed E-state index contributed by atoms with van der Waals surface area (Å²) in [5.74, 6) is 0.780. The molecule has 0 aliphatic carbocycles. The summed E-state index contributed by atoms with van der Waals surface area (Å²) < 4.78 is 0. The average molecular weight is 213 g/mol. The van der Waals surface area contributed by atoms with Gasteiger partial charge in [0.25, 0.3) is 0 Å². The van der Waals surface area contributed by atoms with Gasteiger partial charge in [0.1, 0.15) is 11.0 Å². The Kier molecular flexibility index (Phi) is 2.67. The largest absolute Gasteiger partial charge is 0.325 e. The zero-order valence-corrected chi connectivity index (χ0v) is 8.83. The van der Waals surface area contributed by atoms with Gasteiger partial charge in [-0.25, -0.2) is 9.97 Å². The van der Waals surface area contributed by atoms with E-state index in [1.54, 1.807) is 6.07 Å². The molecule has 4 nitrogen and oxygen atoms in total. The Hall–Kier alpha value is -0.710. The highest BCUT2D eigenvalue weighted by Gasteiger charge is 2.23. The topological polar surface area (TPSA) is 55.0 Å². The molecule has 2 rings (SSSR count). The van der Waals surface area contributed by atoms with Crippen LogP contribution in [0.5, 0.6) is 0 Å². The van der Waals surface area contributed by atoms with Gasteiger partial charge in [0.15, 0.2) is 0 Å². The monoisotopic (exact) mass is 212 g/mol. The zero-order chi connectivity index (χ0) is 10.1. The first-order chi connectivity index (χ1) is 6.63. The molecule has 1 aliphatic heterocycles. The maximum Gasteiger partial charge on any atom is 0.144 e. The van der Waals surface area contributed by atoms with Gasteiger partial charge in [-0.3, -0.25) is 4.90 Å². The van der Waals surface area contributed by atoms with Crippen molar-refractivity contribution in [2.75, 3.05) is 13.1 Å². The van der Waals surface area contributed by atoms with Crippen molar-refractivity contribution in [1.29, 1.82) is 0 Å². The molecule has 0 unspecified atom stereocenters. The first kappa shape index (κ1) is 9.83. The van der Waals surface area contributed by atoms with Crippen molar-refractivity contribution < 1.29 is 0 Å². The van der Waals surface area contributed by atoms with Gasteiger partial charge in [0.05, 0.1) is 6.54 Å².